The van der Waals surface area contributed by atoms with Crippen LogP contribution in [-0.4, -0.2) is 63.4 Å². The number of ether oxygens (including phenoxy) is 1. The molecule has 3 aromatic rings. The van der Waals surface area contributed by atoms with Gasteiger partial charge >= 0.3 is 12.1 Å². The van der Waals surface area contributed by atoms with E-state index in [1.54, 1.807) is 0 Å². The number of nitrogens with one attached hydrogen (secondary N) is 1. The van der Waals surface area contributed by atoms with E-state index in [-0.39, 0.29) is 35.5 Å². The lowest BCUT2D eigenvalue weighted by atomic mass is 9.93. The number of carboxylic acids is 1. The molecule has 10 heteroatoms. The summed E-state index contributed by atoms with van der Waals surface area (Å²) < 4.78 is 5.51. The first-order chi connectivity index (χ1) is 16.9. The van der Waals surface area contributed by atoms with Crippen molar-refractivity contribution >= 4 is 34.4 Å². The molecule has 1 atom stereocenters. The standard InChI is InChI=1S/C25H23N3O6S/c29-21(28-11-5-10-25(33,14-28)22(30)31)20-12-26-23(35-20)27-24(32)34-13-19-17-8-3-1-6-15(17)16-7-2-4-9-18(16)19/h1-4,6-9,12,19,33H,5,10-11,13-14H2,(H,30,31)(H,26,27,32). The van der Waals surface area contributed by atoms with Gasteiger partial charge in [-0.3, -0.25) is 10.1 Å². The Morgan fingerprint density at radius 1 is 1.11 bits per heavy atom. The minimum absolute atomic E-state index is 0.0753. The molecule has 1 unspecified atom stereocenters. The number of carbonyl (C=O) groups excluding carboxylic acids is 2. The highest BCUT2D eigenvalue weighted by atomic mass is 32.1. The number of carboxylic acid groups (broad SMARTS) is 1. The number of aliphatic hydroxyl groups is 1. The van der Waals surface area contributed by atoms with Crippen LogP contribution in [0.2, 0.25) is 0 Å². The van der Waals surface area contributed by atoms with E-state index in [1.807, 2.05) is 36.4 Å². The lowest BCUT2D eigenvalue weighted by Gasteiger charge is -2.35. The van der Waals surface area contributed by atoms with E-state index in [0.717, 1.165) is 33.6 Å². The molecule has 35 heavy (non-hydrogen) atoms. The molecule has 3 N–H and O–H groups in total. The first-order valence-corrected chi connectivity index (χ1v) is 12.0. The fraction of sp³-hybridized carbons (Fsp3) is 0.280. The SMILES string of the molecule is O=C(Nc1ncc(C(=O)N2CCCC(O)(C(=O)O)C2)s1)OCC1c2ccccc2-c2ccccc21. The van der Waals surface area contributed by atoms with Gasteiger partial charge in [0.05, 0.1) is 12.7 Å². The molecule has 0 spiro atoms. The first-order valence-electron chi connectivity index (χ1n) is 11.2. The fourth-order valence-electron chi connectivity index (χ4n) is 4.69. The van der Waals surface area contributed by atoms with Crippen LogP contribution in [0.15, 0.2) is 54.7 Å². The summed E-state index contributed by atoms with van der Waals surface area (Å²) in [5.41, 5.74) is 2.51. The predicted molar refractivity (Wildman–Crippen MR) is 129 cm³/mol. The van der Waals surface area contributed by atoms with Gasteiger partial charge in [0.15, 0.2) is 10.7 Å². The third kappa shape index (κ3) is 4.38. The van der Waals surface area contributed by atoms with Crippen molar-refractivity contribution in [2.24, 2.45) is 0 Å². The molecule has 2 aromatic carbocycles. The maximum absolute atomic E-state index is 12.8. The van der Waals surface area contributed by atoms with Crippen LogP contribution in [0, 0.1) is 0 Å². The van der Waals surface area contributed by atoms with E-state index >= 15 is 0 Å². The highest BCUT2D eigenvalue weighted by Crippen LogP contribution is 2.44. The molecule has 1 aliphatic heterocycles. The Bertz CT molecular complexity index is 1260. The smallest absolute Gasteiger partial charge is 0.413 e. The molecule has 1 aliphatic carbocycles. The van der Waals surface area contributed by atoms with Crippen molar-refractivity contribution in [2.75, 3.05) is 25.0 Å². The summed E-state index contributed by atoms with van der Waals surface area (Å²) in [7, 11) is 0. The predicted octanol–water partition coefficient (Wildman–Crippen LogP) is 3.56. The van der Waals surface area contributed by atoms with Crippen LogP contribution in [0.1, 0.15) is 39.6 Å². The van der Waals surface area contributed by atoms with Crippen molar-refractivity contribution in [3.63, 3.8) is 0 Å². The zero-order chi connectivity index (χ0) is 24.6. The average molecular weight is 494 g/mol. The number of aromatic nitrogens is 1. The molecular formula is C25H23N3O6S. The average Bonchev–Trinajstić information content (AvgIpc) is 3.45. The number of hydrogen-bond donors (Lipinski definition) is 3. The van der Waals surface area contributed by atoms with Gasteiger partial charge in [-0.05, 0) is 35.1 Å². The Labute approximate surface area is 205 Å². The third-order valence-corrected chi connectivity index (χ3v) is 7.33. The van der Waals surface area contributed by atoms with Gasteiger partial charge < -0.3 is 19.8 Å². The maximum atomic E-state index is 12.8. The van der Waals surface area contributed by atoms with Gasteiger partial charge in [-0.2, -0.15) is 0 Å². The Hall–Kier alpha value is -3.76. The Morgan fingerprint density at radius 3 is 2.43 bits per heavy atom. The second-order valence-corrected chi connectivity index (χ2v) is 9.68. The van der Waals surface area contributed by atoms with Crippen LogP contribution in [0.5, 0.6) is 0 Å². The van der Waals surface area contributed by atoms with Gasteiger partial charge in [-0.1, -0.05) is 59.9 Å². The van der Waals surface area contributed by atoms with E-state index in [1.165, 1.54) is 11.1 Å². The van der Waals surface area contributed by atoms with E-state index < -0.39 is 23.6 Å². The normalized spacial score (nSPS) is 19.1. The second kappa shape index (κ2) is 9.12. The molecule has 0 bridgehead atoms. The number of thiazole rings is 1. The molecule has 0 saturated carbocycles. The summed E-state index contributed by atoms with van der Waals surface area (Å²) in [4.78, 5) is 42.2. The quantitative estimate of drug-likeness (QED) is 0.496. The van der Waals surface area contributed by atoms with Gasteiger partial charge in [0.25, 0.3) is 5.91 Å². The van der Waals surface area contributed by atoms with Crippen LogP contribution in [0.3, 0.4) is 0 Å². The number of β-amino-alcohol motifs (C(OH)–C–C–N with tert-alkyl or cyclic N) is 1. The third-order valence-electron chi connectivity index (χ3n) is 6.43. The molecular weight excluding hydrogens is 470 g/mol. The zero-order valence-corrected chi connectivity index (χ0v) is 19.5. The summed E-state index contributed by atoms with van der Waals surface area (Å²) in [6.07, 6.45) is 1.10. The number of benzene rings is 2. The first kappa shape index (κ1) is 23.0. The number of aliphatic carboxylic acids is 1. The van der Waals surface area contributed by atoms with E-state index in [0.29, 0.717) is 13.0 Å². The van der Waals surface area contributed by atoms with Gasteiger partial charge in [-0.15, -0.1) is 0 Å². The number of likely N-dealkylation sites (tertiary alicyclic amines) is 1. The minimum Gasteiger partial charge on any atom is -0.479 e. The molecule has 9 nitrogen and oxygen atoms in total. The monoisotopic (exact) mass is 493 g/mol. The number of fused-ring (bicyclic) bond motifs is 3. The number of amides is 2. The molecule has 1 aromatic heterocycles. The molecule has 2 heterocycles. The number of rotatable bonds is 5. The van der Waals surface area contributed by atoms with Gasteiger partial charge in [0.1, 0.15) is 11.5 Å². The van der Waals surface area contributed by atoms with Crippen LogP contribution < -0.4 is 5.32 Å². The largest absolute Gasteiger partial charge is 0.479 e. The van der Waals surface area contributed by atoms with Crippen LogP contribution in [0.25, 0.3) is 11.1 Å². The Balaban J connectivity index is 1.21. The van der Waals surface area contributed by atoms with Crippen LogP contribution in [0.4, 0.5) is 9.93 Å². The number of anilines is 1. The summed E-state index contributed by atoms with van der Waals surface area (Å²) in [5, 5.41) is 22.2. The number of hydrogen-bond acceptors (Lipinski definition) is 7. The van der Waals surface area contributed by atoms with Crippen molar-refractivity contribution in [1.82, 2.24) is 9.88 Å². The highest BCUT2D eigenvalue weighted by Gasteiger charge is 2.42. The highest BCUT2D eigenvalue weighted by molar-refractivity contribution is 7.17. The van der Waals surface area contributed by atoms with Gasteiger partial charge in [-0.25, -0.2) is 14.6 Å². The minimum atomic E-state index is -1.96. The fourth-order valence-corrected chi connectivity index (χ4v) is 5.46. The second-order valence-electron chi connectivity index (χ2n) is 8.65. The van der Waals surface area contributed by atoms with Crippen molar-refractivity contribution < 1.29 is 29.3 Å². The summed E-state index contributed by atoms with van der Waals surface area (Å²) >= 11 is 0.963. The molecule has 2 aliphatic rings. The van der Waals surface area contributed by atoms with Gasteiger partial charge in [0.2, 0.25) is 0 Å². The maximum Gasteiger partial charge on any atom is 0.413 e. The van der Waals surface area contributed by atoms with E-state index in [9.17, 15) is 24.6 Å². The van der Waals surface area contributed by atoms with Crippen molar-refractivity contribution in [3.8, 4) is 11.1 Å². The van der Waals surface area contributed by atoms with Crippen LogP contribution in [-0.2, 0) is 9.53 Å². The number of nitrogens with zero attached hydrogens (tertiary/aromatic N) is 2. The topological polar surface area (TPSA) is 129 Å². The van der Waals surface area contributed by atoms with Crippen molar-refractivity contribution in [2.45, 2.75) is 24.4 Å². The summed E-state index contributed by atoms with van der Waals surface area (Å²) in [6.45, 7) is 0.189. The lowest BCUT2D eigenvalue weighted by Crippen LogP contribution is -2.54. The summed E-state index contributed by atoms with van der Waals surface area (Å²) in [6, 6.07) is 16.1. The number of carbonyl (C=O) groups is 3. The van der Waals surface area contributed by atoms with Crippen molar-refractivity contribution in [1.29, 1.82) is 0 Å². The van der Waals surface area contributed by atoms with E-state index in [4.69, 9.17) is 4.74 Å². The lowest BCUT2D eigenvalue weighted by molar-refractivity contribution is -0.163. The molecule has 5 rings (SSSR count). The van der Waals surface area contributed by atoms with Gasteiger partial charge in [0, 0.05) is 12.5 Å². The van der Waals surface area contributed by atoms with E-state index in [2.05, 4.69) is 22.4 Å². The van der Waals surface area contributed by atoms with Crippen molar-refractivity contribution in [3.05, 3.63) is 70.7 Å². The molecule has 1 fully saturated rings. The molecule has 2 amide bonds. The van der Waals surface area contributed by atoms with Crippen LogP contribution >= 0.6 is 11.3 Å². The summed E-state index contributed by atoms with van der Waals surface area (Å²) in [5.74, 6) is -1.87. The Morgan fingerprint density at radius 2 is 1.77 bits per heavy atom. The Kier molecular flexibility index (Phi) is 6.00. The molecule has 0 radical (unpaired) electrons. The molecule has 1 saturated heterocycles. The number of piperidine rings is 1. The zero-order valence-electron chi connectivity index (χ0n) is 18.6. The molecule has 180 valence electrons.